The highest BCUT2D eigenvalue weighted by atomic mass is 16.5. The fraction of sp³-hybridized carbons (Fsp3) is 0.412. The molecule has 1 N–H and O–H groups in total. The quantitative estimate of drug-likeness (QED) is 0.944. The number of aryl methyl sites for hydroxylation is 3. The number of aromatic nitrogens is 2. The minimum Gasteiger partial charge on any atom is -0.378 e. The number of hydrogen-bond donors (Lipinski definition) is 1. The third-order valence-electron chi connectivity index (χ3n) is 4.02. The monoisotopic (exact) mass is 298 g/mol. The normalized spacial score (nSPS) is 15.0. The van der Waals surface area contributed by atoms with Gasteiger partial charge in [-0.15, -0.1) is 0 Å². The Bertz CT molecular complexity index is 666. The number of hydrogen-bond acceptors (Lipinski definition) is 5. The van der Waals surface area contributed by atoms with E-state index in [-0.39, 0.29) is 0 Å². The summed E-state index contributed by atoms with van der Waals surface area (Å²) in [5, 5.41) is 3.41. The van der Waals surface area contributed by atoms with Crippen LogP contribution in [0.2, 0.25) is 0 Å². The van der Waals surface area contributed by atoms with Gasteiger partial charge in [-0.25, -0.2) is 4.98 Å². The largest absolute Gasteiger partial charge is 0.378 e. The van der Waals surface area contributed by atoms with Crippen LogP contribution in [0.5, 0.6) is 0 Å². The number of rotatable bonds is 3. The topological polar surface area (TPSA) is 50.3 Å². The molecule has 0 aliphatic carbocycles. The lowest BCUT2D eigenvalue weighted by Crippen LogP contribution is -2.37. The highest BCUT2D eigenvalue weighted by Crippen LogP contribution is 2.22. The van der Waals surface area contributed by atoms with Crippen molar-refractivity contribution in [3.05, 3.63) is 41.1 Å². The lowest BCUT2D eigenvalue weighted by atomic mass is 10.1. The Balaban J connectivity index is 1.84. The van der Waals surface area contributed by atoms with E-state index < -0.39 is 0 Å². The molecule has 1 aliphatic heterocycles. The molecule has 1 aromatic carbocycles. The lowest BCUT2D eigenvalue weighted by molar-refractivity contribution is 0.122. The molecule has 5 heteroatoms. The first-order valence-electron chi connectivity index (χ1n) is 7.64. The van der Waals surface area contributed by atoms with E-state index in [1.54, 1.807) is 0 Å². The van der Waals surface area contributed by atoms with Gasteiger partial charge in [0.05, 0.1) is 13.2 Å². The summed E-state index contributed by atoms with van der Waals surface area (Å²) < 4.78 is 5.38. The number of benzene rings is 1. The number of anilines is 3. The zero-order valence-corrected chi connectivity index (χ0v) is 13.4. The molecule has 1 aliphatic rings. The molecule has 1 aromatic heterocycles. The number of morpholine rings is 1. The Morgan fingerprint density at radius 1 is 1.05 bits per heavy atom. The molecule has 3 rings (SSSR count). The van der Waals surface area contributed by atoms with Gasteiger partial charge >= 0.3 is 0 Å². The van der Waals surface area contributed by atoms with Gasteiger partial charge in [-0.3, -0.25) is 0 Å². The number of nitrogens with one attached hydrogen (secondary N) is 1. The molecule has 22 heavy (non-hydrogen) atoms. The van der Waals surface area contributed by atoms with Crippen LogP contribution in [0.4, 0.5) is 17.5 Å². The summed E-state index contributed by atoms with van der Waals surface area (Å²) in [6.07, 6.45) is 1.88. The standard InChI is InChI=1S/C17H22N4O/c1-12-4-5-15(10-13(12)2)19-16-14(3)11-18-17(20-16)21-6-8-22-9-7-21/h4-5,10-11H,6-9H2,1-3H3,(H,18,19,20). The molecule has 2 heterocycles. The second-order valence-corrected chi connectivity index (χ2v) is 5.73. The van der Waals surface area contributed by atoms with Crippen LogP contribution in [0.3, 0.4) is 0 Å². The summed E-state index contributed by atoms with van der Waals surface area (Å²) in [5.74, 6) is 1.62. The Hall–Kier alpha value is -2.14. The summed E-state index contributed by atoms with van der Waals surface area (Å²) in [6.45, 7) is 9.40. The third-order valence-corrected chi connectivity index (χ3v) is 4.02. The smallest absolute Gasteiger partial charge is 0.227 e. The molecule has 0 bridgehead atoms. The van der Waals surface area contributed by atoms with Crippen LogP contribution < -0.4 is 10.2 Å². The lowest BCUT2D eigenvalue weighted by Gasteiger charge is -2.27. The predicted octanol–water partition coefficient (Wildman–Crippen LogP) is 2.98. The maximum atomic E-state index is 5.38. The van der Waals surface area contributed by atoms with Crippen molar-refractivity contribution in [3.8, 4) is 0 Å². The van der Waals surface area contributed by atoms with Crippen LogP contribution in [-0.4, -0.2) is 36.3 Å². The fourth-order valence-corrected chi connectivity index (χ4v) is 2.43. The van der Waals surface area contributed by atoms with Crippen molar-refractivity contribution in [2.24, 2.45) is 0 Å². The molecule has 0 spiro atoms. The molecule has 2 aromatic rings. The molecule has 1 fully saturated rings. The van der Waals surface area contributed by atoms with Gasteiger partial charge in [-0.05, 0) is 44.0 Å². The molecule has 0 radical (unpaired) electrons. The highest BCUT2D eigenvalue weighted by Gasteiger charge is 2.15. The minimum absolute atomic E-state index is 0.733. The molecule has 0 amide bonds. The summed E-state index contributed by atoms with van der Waals surface area (Å²) >= 11 is 0. The van der Waals surface area contributed by atoms with E-state index in [0.29, 0.717) is 0 Å². The van der Waals surface area contributed by atoms with E-state index in [2.05, 4.69) is 47.2 Å². The summed E-state index contributed by atoms with van der Waals surface area (Å²) in [5.41, 5.74) is 4.65. The molecular weight excluding hydrogens is 276 g/mol. The van der Waals surface area contributed by atoms with Crippen LogP contribution in [0.1, 0.15) is 16.7 Å². The van der Waals surface area contributed by atoms with Crippen molar-refractivity contribution in [1.82, 2.24) is 9.97 Å². The van der Waals surface area contributed by atoms with E-state index in [9.17, 15) is 0 Å². The number of ether oxygens (including phenoxy) is 1. The van der Waals surface area contributed by atoms with Crippen molar-refractivity contribution < 1.29 is 4.74 Å². The van der Waals surface area contributed by atoms with Gasteiger partial charge < -0.3 is 15.0 Å². The van der Waals surface area contributed by atoms with Crippen LogP contribution in [0.15, 0.2) is 24.4 Å². The van der Waals surface area contributed by atoms with Crippen molar-refractivity contribution in [2.45, 2.75) is 20.8 Å². The van der Waals surface area contributed by atoms with Crippen LogP contribution in [0.25, 0.3) is 0 Å². The van der Waals surface area contributed by atoms with E-state index in [1.807, 2.05) is 13.1 Å². The number of nitrogens with zero attached hydrogens (tertiary/aromatic N) is 3. The fourth-order valence-electron chi connectivity index (χ4n) is 2.43. The molecule has 0 unspecified atom stereocenters. The molecule has 0 atom stereocenters. The van der Waals surface area contributed by atoms with Gasteiger partial charge in [-0.1, -0.05) is 6.07 Å². The second kappa shape index (κ2) is 6.32. The highest BCUT2D eigenvalue weighted by molar-refractivity contribution is 5.61. The Kier molecular flexibility index (Phi) is 4.24. The molecule has 1 saturated heterocycles. The van der Waals surface area contributed by atoms with Crippen LogP contribution in [-0.2, 0) is 4.74 Å². The third kappa shape index (κ3) is 3.20. The first-order valence-corrected chi connectivity index (χ1v) is 7.64. The van der Waals surface area contributed by atoms with Crippen LogP contribution in [0, 0.1) is 20.8 Å². The van der Waals surface area contributed by atoms with Crippen molar-refractivity contribution in [3.63, 3.8) is 0 Å². The van der Waals surface area contributed by atoms with Gasteiger partial charge in [0.15, 0.2) is 0 Å². The van der Waals surface area contributed by atoms with Crippen molar-refractivity contribution >= 4 is 17.5 Å². The second-order valence-electron chi connectivity index (χ2n) is 5.73. The average Bonchev–Trinajstić information content (AvgIpc) is 2.54. The van der Waals surface area contributed by atoms with Gasteiger partial charge in [-0.2, -0.15) is 4.98 Å². The zero-order chi connectivity index (χ0) is 15.5. The van der Waals surface area contributed by atoms with Gasteiger partial charge in [0, 0.05) is 30.5 Å². The summed E-state index contributed by atoms with van der Waals surface area (Å²) in [6, 6.07) is 6.35. The summed E-state index contributed by atoms with van der Waals surface area (Å²) in [7, 11) is 0. The zero-order valence-electron chi connectivity index (χ0n) is 13.4. The SMILES string of the molecule is Cc1ccc(Nc2nc(N3CCOCC3)ncc2C)cc1C. The van der Waals surface area contributed by atoms with Gasteiger partial charge in [0.2, 0.25) is 5.95 Å². The predicted molar refractivity (Wildman–Crippen MR) is 89.0 cm³/mol. The maximum absolute atomic E-state index is 5.38. The Morgan fingerprint density at radius 2 is 1.82 bits per heavy atom. The van der Waals surface area contributed by atoms with E-state index in [4.69, 9.17) is 9.72 Å². The average molecular weight is 298 g/mol. The van der Waals surface area contributed by atoms with Gasteiger partial charge in [0.1, 0.15) is 5.82 Å². The minimum atomic E-state index is 0.733. The molecular formula is C17H22N4O. The summed E-state index contributed by atoms with van der Waals surface area (Å²) in [4.78, 5) is 11.3. The first-order chi connectivity index (χ1) is 10.6. The van der Waals surface area contributed by atoms with E-state index in [0.717, 1.165) is 49.3 Å². The van der Waals surface area contributed by atoms with E-state index in [1.165, 1.54) is 11.1 Å². The van der Waals surface area contributed by atoms with E-state index >= 15 is 0 Å². The molecule has 116 valence electrons. The maximum Gasteiger partial charge on any atom is 0.227 e. The van der Waals surface area contributed by atoms with Crippen molar-refractivity contribution in [1.29, 1.82) is 0 Å². The molecule has 0 saturated carbocycles. The van der Waals surface area contributed by atoms with Crippen LogP contribution >= 0.6 is 0 Å². The Morgan fingerprint density at radius 3 is 2.55 bits per heavy atom. The van der Waals surface area contributed by atoms with Crippen molar-refractivity contribution in [2.75, 3.05) is 36.5 Å². The first kappa shape index (κ1) is 14.8. The van der Waals surface area contributed by atoms with Gasteiger partial charge in [0.25, 0.3) is 0 Å². The Labute approximate surface area is 131 Å². The molecule has 5 nitrogen and oxygen atoms in total.